The predicted octanol–water partition coefficient (Wildman–Crippen LogP) is 3.05. The number of nitrogens with one attached hydrogen (secondary N) is 2. The molecule has 0 aliphatic carbocycles. The van der Waals surface area contributed by atoms with Gasteiger partial charge in [-0.15, -0.1) is 24.0 Å². The minimum Gasteiger partial charge on any atom is -0.484 e. The Hall–Kier alpha value is -2.50. The molecule has 0 fully saturated rings. The van der Waals surface area contributed by atoms with Gasteiger partial charge in [-0.3, -0.25) is 9.79 Å². The van der Waals surface area contributed by atoms with Gasteiger partial charge in [0.05, 0.1) is 5.56 Å². The number of benzene rings is 2. The molecule has 0 aliphatic heterocycles. The van der Waals surface area contributed by atoms with Crippen LogP contribution in [-0.4, -0.2) is 25.5 Å². The van der Waals surface area contributed by atoms with Crippen molar-refractivity contribution in [3.8, 4) is 5.75 Å². The summed E-state index contributed by atoms with van der Waals surface area (Å²) in [5, 5.41) is 6.03. The standard InChI is InChI=1S/C19H21F3N4O2.HI/c1-24-18(25-10-13-4-2-6-15(8-13)19(20,21)22)26-11-14-5-3-7-16(9-14)28-12-17(23)27;/h2-9H,10-12H2,1H3,(H2,23,27)(H2,24,25,26);1H. The lowest BCUT2D eigenvalue weighted by molar-refractivity contribution is -0.137. The first-order valence-electron chi connectivity index (χ1n) is 8.38. The van der Waals surface area contributed by atoms with Gasteiger partial charge >= 0.3 is 6.18 Å². The van der Waals surface area contributed by atoms with Crippen LogP contribution in [0.2, 0.25) is 0 Å². The van der Waals surface area contributed by atoms with E-state index in [2.05, 4.69) is 15.6 Å². The van der Waals surface area contributed by atoms with Crippen LogP contribution in [0.25, 0.3) is 0 Å². The van der Waals surface area contributed by atoms with Crippen molar-refractivity contribution in [3.63, 3.8) is 0 Å². The summed E-state index contributed by atoms with van der Waals surface area (Å²) in [5.41, 5.74) is 5.70. The molecule has 0 saturated heterocycles. The van der Waals surface area contributed by atoms with E-state index in [1.54, 1.807) is 31.3 Å². The molecule has 0 aromatic heterocycles. The molecule has 0 atom stereocenters. The second-order valence-electron chi connectivity index (χ2n) is 5.88. The van der Waals surface area contributed by atoms with Crippen LogP contribution >= 0.6 is 24.0 Å². The average Bonchev–Trinajstić information content (AvgIpc) is 2.66. The average molecular weight is 522 g/mol. The molecule has 0 bridgehead atoms. The quantitative estimate of drug-likeness (QED) is 0.297. The van der Waals surface area contributed by atoms with Gasteiger partial charge in [0.2, 0.25) is 0 Å². The number of hydrogen-bond donors (Lipinski definition) is 3. The Labute approximate surface area is 183 Å². The van der Waals surface area contributed by atoms with E-state index in [4.69, 9.17) is 10.5 Å². The number of carbonyl (C=O) groups is 1. The zero-order valence-corrected chi connectivity index (χ0v) is 18.0. The summed E-state index contributed by atoms with van der Waals surface area (Å²) in [6.07, 6.45) is -4.38. The lowest BCUT2D eigenvalue weighted by Crippen LogP contribution is -2.36. The first kappa shape index (κ1) is 24.5. The summed E-state index contributed by atoms with van der Waals surface area (Å²) in [5.74, 6) is 0.369. The van der Waals surface area contributed by atoms with Crippen molar-refractivity contribution in [2.45, 2.75) is 19.3 Å². The van der Waals surface area contributed by atoms with Crippen molar-refractivity contribution < 1.29 is 22.7 Å². The number of rotatable bonds is 7. The number of hydrogen-bond acceptors (Lipinski definition) is 3. The predicted molar refractivity (Wildman–Crippen MR) is 115 cm³/mol. The maximum atomic E-state index is 12.8. The zero-order chi connectivity index (χ0) is 20.6. The molecule has 0 saturated carbocycles. The highest BCUT2D eigenvalue weighted by atomic mass is 127. The van der Waals surface area contributed by atoms with Gasteiger partial charge in [0.15, 0.2) is 12.6 Å². The van der Waals surface area contributed by atoms with Crippen molar-refractivity contribution >= 4 is 35.8 Å². The van der Waals surface area contributed by atoms with Crippen molar-refractivity contribution in [1.82, 2.24) is 10.6 Å². The molecule has 0 spiro atoms. The Kier molecular flexibility index (Phi) is 9.72. The number of aliphatic imine (C=N–C) groups is 1. The zero-order valence-electron chi connectivity index (χ0n) is 15.6. The van der Waals surface area contributed by atoms with Gasteiger partial charge in [-0.2, -0.15) is 13.2 Å². The van der Waals surface area contributed by atoms with E-state index < -0.39 is 17.6 Å². The summed E-state index contributed by atoms with van der Waals surface area (Å²) in [4.78, 5) is 14.8. The number of nitrogens with two attached hydrogens (primary N) is 1. The molecule has 0 radical (unpaired) electrons. The molecule has 6 nitrogen and oxygen atoms in total. The Morgan fingerprint density at radius 2 is 1.66 bits per heavy atom. The fraction of sp³-hybridized carbons (Fsp3) is 0.263. The monoisotopic (exact) mass is 522 g/mol. The summed E-state index contributed by atoms with van der Waals surface area (Å²) in [7, 11) is 1.56. The normalized spacial score (nSPS) is 11.4. The van der Waals surface area contributed by atoms with Crippen molar-refractivity contribution in [3.05, 3.63) is 65.2 Å². The second-order valence-corrected chi connectivity index (χ2v) is 5.88. The Balaban J connectivity index is 0.00000420. The highest BCUT2D eigenvalue weighted by molar-refractivity contribution is 14.0. The van der Waals surface area contributed by atoms with Gasteiger partial charge in [-0.05, 0) is 35.4 Å². The fourth-order valence-corrected chi connectivity index (χ4v) is 2.35. The minimum atomic E-state index is -4.38. The van der Waals surface area contributed by atoms with Gasteiger partial charge in [0.25, 0.3) is 5.91 Å². The van der Waals surface area contributed by atoms with Gasteiger partial charge in [0.1, 0.15) is 5.75 Å². The summed E-state index contributed by atoms with van der Waals surface area (Å²) >= 11 is 0. The summed E-state index contributed by atoms with van der Waals surface area (Å²) in [6, 6.07) is 12.2. The fourth-order valence-electron chi connectivity index (χ4n) is 2.35. The Morgan fingerprint density at radius 1 is 1.07 bits per heavy atom. The second kappa shape index (κ2) is 11.5. The first-order valence-corrected chi connectivity index (χ1v) is 8.38. The number of ether oxygens (including phenoxy) is 1. The SMILES string of the molecule is CN=C(NCc1cccc(OCC(N)=O)c1)NCc1cccc(C(F)(F)F)c1.I. The molecule has 2 aromatic carbocycles. The Bertz CT molecular complexity index is 844. The van der Waals surface area contributed by atoms with Gasteiger partial charge in [0, 0.05) is 20.1 Å². The Morgan fingerprint density at radius 3 is 2.21 bits per heavy atom. The van der Waals surface area contributed by atoms with Crippen LogP contribution in [0.15, 0.2) is 53.5 Å². The molecule has 2 aromatic rings. The number of halogens is 4. The third-order valence-corrected chi connectivity index (χ3v) is 3.68. The smallest absolute Gasteiger partial charge is 0.416 e. The first-order chi connectivity index (χ1) is 13.3. The highest BCUT2D eigenvalue weighted by Gasteiger charge is 2.30. The molecule has 0 aliphatic rings. The largest absolute Gasteiger partial charge is 0.484 e. The van der Waals surface area contributed by atoms with Gasteiger partial charge in [-0.1, -0.05) is 24.3 Å². The van der Waals surface area contributed by atoms with E-state index >= 15 is 0 Å². The lowest BCUT2D eigenvalue weighted by Gasteiger charge is -2.14. The van der Waals surface area contributed by atoms with Crippen LogP contribution in [0.5, 0.6) is 5.75 Å². The van der Waals surface area contributed by atoms with E-state index in [9.17, 15) is 18.0 Å². The highest BCUT2D eigenvalue weighted by Crippen LogP contribution is 2.29. The van der Waals surface area contributed by atoms with Crippen LogP contribution in [0.3, 0.4) is 0 Å². The number of amides is 1. The van der Waals surface area contributed by atoms with Crippen LogP contribution < -0.4 is 21.1 Å². The van der Waals surface area contributed by atoms with Gasteiger partial charge in [-0.25, -0.2) is 0 Å². The molecule has 10 heteroatoms. The molecule has 0 heterocycles. The molecule has 0 unspecified atom stereocenters. The lowest BCUT2D eigenvalue weighted by atomic mass is 10.1. The van der Waals surface area contributed by atoms with Gasteiger partial charge < -0.3 is 21.1 Å². The maximum Gasteiger partial charge on any atom is 0.416 e. The molecular formula is C19H22F3IN4O2. The van der Waals surface area contributed by atoms with Crippen LogP contribution in [0.1, 0.15) is 16.7 Å². The van der Waals surface area contributed by atoms with E-state index in [-0.39, 0.29) is 37.1 Å². The molecule has 158 valence electrons. The third-order valence-electron chi connectivity index (χ3n) is 3.68. The molecule has 2 rings (SSSR count). The molecular weight excluding hydrogens is 500 g/mol. The van der Waals surface area contributed by atoms with E-state index in [1.165, 1.54) is 6.07 Å². The number of carbonyl (C=O) groups excluding carboxylic acids is 1. The van der Waals surface area contributed by atoms with E-state index in [0.29, 0.717) is 23.8 Å². The minimum absolute atomic E-state index is 0. The van der Waals surface area contributed by atoms with Crippen molar-refractivity contribution in [1.29, 1.82) is 0 Å². The number of primary amides is 1. The van der Waals surface area contributed by atoms with E-state index in [0.717, 1.165) is 17.7 Å². The topological polar surface area (TPSA) is 88.7 Å². The van der Waals surface area contributed by atoms with E-state index in [1.807, 2.05) is 6.07 Å². The maximum absolute atomic E-state index is 12.8. The third kappa shape index (κ3) is 8.59. The van der Waals surface area contributed by atoms with Crippen molar-refractivity contribution in [2.75, 3.05) is 13.7 Å². The number of nitrogens with zero attached hydrogens (tertiary/aromatic N) is 1. The summed E-state index contributed by atoms with van der Waals surface area (Å²) in [6.45, 7) is 0.373. The van der Waals surface area contributed by atoms with Crippen LogP contribution in [-0.2, 0) is 24.1 Å². The molecule has 4 N–H and O–H groups in total. The van der Waals surface area contributed by atoms with Crippen LogP contribution in [0.4, 0.5) is 13.2 Å². The van der Waals surface area contributed by atoms with Crippen LogP contribution in [0, 0.1) is 0 Å². The number of alkyl halides is 3. The number of guanidine groups is 1. The summed E-state index contributed by atoms with van der Waals surface area (Å²) < 4.78 is 43.6. The molecule has 1 amide bonds. The molecule has 29 heavy (non-hydrogen) atoms. The van der Waals surface area contributed by atoms with Crippen molar-refractivity contribution in [2.24, 2.45) is 10.7 Å².